The van der Waals surface area contributed by atoms with Crippen molar-refractivity contribution in [1.29, 1.82) is 0 Å². The lowest BCUT2D eigenvalue weighted by Gasteiger charge is -2.38. The highest BCUT2D eigenvalue weighted by Gasteiger charge is 2.39. The molecule has 5 heteroatoms. The summed E-state index contributed by atoms with van der Waals surface area (Å²) in [5, 5.41) is 3.22. The van der Waals surface area contributed by atoms with Crippen LogP contribution in [0.2, 0.25) is 5.02 Å². The first-order chi connectivity index (χ1) is 8.97. The predicted octanol–water partition coefficient (Wildman–Crippen LogP) is 2.28. The van der Waals surface area contributed by atoms with Crippen LogP contribution in [0.25, 0.3) is 0 Å². The summed E-state index contributed by atoms with van der Waals surface area (Å²) >= 11 is 6.21. The molecule has 2 unspecified atom stereocenters. The highest BCUT2D eigenvalue weighted by atomic mass is 35.5. The Morgan fingerprint density at radius 1 is 1.37 bits per heavy atom. The van der Waals surface area contributed by atoms with Crippen LogP contribution < -0.4 is 10.2 Å². The van der Waals surface area contributed by atoms with E-state index in [4.69, 9.17) is 11.6 Å². The van der Waals surface area contributed by atoms with Crippen LogP contribution >= 0.6 is 11.6 Å². The summed E-state index contributed by atoms with van der Waals surface area (Å²) in [4.78, 5) is 26.0. The number of benzene rings is 1. The Bertz CT molecular complexity index is 510. The molecule has 2 rings (SSSR count). The van der Waals surface area contributed by atoms with E-state index >= 15 is 0 Å². The van der Waals surface area contributed by atoms with Crippen molar-refractivity contribution in [3.63, 3.8) is 0 Å². The second-order valence-corrected chi connectivity index (χ2v) is 5.17. The molecule has 1 fully saturated rings. The van der Waals surface area contributed by atoms with Crippen LogP contribution in [0.1, 0.15) is 25.8 Å². The number of nitrogens with zero attached hydrogens (tertiary/aromatic N) is 1. The number of piperazine rings is 1. The largest absolute Gasteiger partial charge is 0.343 e. The molecule has 1 aromatic carbocycles. The van der Waals surface area contributed by atoms with Crippen molar-refractivity contribution >= 4 is 29.1 Å². The molecule has 1 heterocycles. The molecular weight excluding hydrogens is 264 g/mol. The quantitative estimate of drug-likeness (QED) is 0.903. The Balaban J connectivity index is 2.51. The summed E-state index contributed by atoms with van der Waals surface area (Å²) in [6, 6.07) is 4.43. The van der Waals surface area contributed by atoms with Gasteiger partial charge in [0, 0.05) is 0 Å². The summed E-state index contributed by atoms with van der Waals surface area (Å²) in [6.45, 7) is 5.47. The smallest absolute Gasteiger partial charge is 0.250 e. The molecule has 0 aromatic heterocycles. The minimum atomic E-state index is -0.547. The van der Waals surface area contributed by atoms with Crippen LogP contribution in [-0.4, -0.2) is 23.9 Å². The van der Waals surface area contributed by atoms with Crippen LogP contribution in [0.4, 0.5) is 5.69 Å². The monoisotopic (exact) mass is 280 g/mol. The molecule has 0 bridgehead atoms. The van der Waals surface area contributed by atoms with Crippen molar-refractivity contribution in [2.24, 2.45) is 0 Å². The van der Waals surface area contributed by atoms with Gasteiger partial charge in [0.25, 0.3) is 0 Å². The SMILES string of the molecule is CCC1NC(=O)C(C)N(c2c(C)cccc2Cl)C1=O. The minimum Gasteiger partial charge on any atom is -0.343 e. The summed E-state index contributed by atoms with van der Waals surface area (Å²) in [7, 11) is 0. The van der Waals surface area contributed by atoms with E-state index in [-0.39, 0.29) is 11.8 Å². The highest BCUT2D eigenvalue weighted by molar-refractivity contribution is 6.34. The molecule has 1 aliphatic heterocycles. The normalized spacial score (nSPS) is 23.5. The molecule has 19 heavy (non-hydrogen) atoms. The molecule has 0 aliphatic carbocycles. The van der Waals surface area contributed by atoms with Crippen molar-refractivity contribution in [2.75, 3.05) is 4.90 Å². The Hall–Kier alpha value is -1.55. The fraction of sp³-hybridized carbons (Fsp3) is 0.429. The van der Waals surface area contributed by atoms with E-state index in [2.05, 4.69) is 5.32 Å². The van der Waals surface area contributed by atoms with Crippen molar-refractivity contribution in [2.45, 2.75) is 39.3 Å². The van der Waals surface area contributed by atoms with E-state index < -0.39 is 12.1 Å². The summed E-state index contributed by atoms with van der Waals surface area (Å²) in [6.07, 6.45) is 0.567. The number of carbonyl (C=O) groups excluding carboxylic acids is 2. The van der Waals surface area contributed by atoms with E-state index in [0.29, 0.717) is 17.1 Å². The van der Waals surface area contributed by atoms with Crippen molar-refractivity contribution in [1.82, 2.24) is 5.32 Å². The number of carbonyl (C=O) groups is 2. The molecule has 0 saturated carbocycles. The average Bonchev–Trinajstić information content (AvgIpc) is 2.37. The van der Waals surface area contributed by atoms with Gasteiger partial charge < -0.3 is 5.32 Å². The fourth-order valence-corrected chi connectivity index (χ4v) is 2.65. The second kappa shape index (κ2) is 5.21. The van der Waals surface area contributed by atoms with E-state index in [9.17, 15) is 9.59 Å². The van der Waals surface area contributed by atoms with Gasteiger partial charge in [0.05, 0.1) is 10.7 Å². The maximum atomic E-state index is 12.5. The maximum absolute atomic E-state index is 12.5. The zero-order valence-electron chi connectivity index (χ0n) is 11.2. The number of para-hydroxylation sites is 1. The summed E-state index contributed by atoms with van der Waals surface area (Å²) in [5.74, 6) is -0.253. The number of halogens is 1. The first kappa shape index (κ1) is 13.9. The molecule has 1 N–H and O–H groups in total. The standard InChI is InChI=1S/C14H17ClN2O2/c1-4-11-14(19)17(9(3)13(18)16-11)12-8(2)6-5-7-10(12)15/h5-7,9,11H,4H2,1-3H3,(H,16,18). The zero-order valence-corrected chi connectivity index (χ0v) is 12.0. The fourth-order valence-electron chi connectivity index (χ4n) is 2.34. The number of hydrogen-bond acceptors (Lipinski definition) is 2. The first-order valence-electron chi connectivity index (χ1n) is 6.36. The predicted molar refractivity (Wildman–Crippen MR) is 75.4 cm³/mol. The average molecular weight is 281 g/mol. The van der Waals surface area contributed by atoms with Gasteiger partial charge in [-0.05, 0) is 31.9 Å². The van der Waals surface area contributed by atoms with E-state index in [1.54, 1.807) is 13.0 Å². The van der Waals surface area contributed by atoms with Crippen LogP contribution in [0.5, 0.6) is 0 Å². The third kappa shape index (κ3) is 2.32. The third-order valence-corrected chi connectivity index (χ3v) is 3.76. The first-order valence-corrected chi connectivity index (χ1v) is 6.73. The van der Waals surface area contributed by atoms with E-state index in [0.717, 1.165) is 5.56 Å². The van der Waals surface area contributed by atoms with E-state index in [1.165, 1.54) is 4.90 Å². The van der Waals surface area contributed by atoms with Gasteiger partial charge in [-0.25, -0.2) is 0 Å². The molecule has 1 saturated heterocycles. The molecular formula is C14H17ClN2O2. The number of aryl methyl sites for hydroxylation is 1. The Labute approximate surface area is 117 Å². The molecule has 0 radical (unpaired) electrons. The van der Waals surface area contributed by atoms with Crippen LogP contribution in [-0.2, 0) is 9.59 Å². The molecule has 0 spiro atoms. The van der Waals surface area contributed by atoms with Gasteiger partial charge in [0.2, 0.25) is 11.8 Å². The van der Waals surface area contributed by atoms with Crippen LogP contribution in [0.3, 0.4) is 0 Å². The number of nitrogens with one attached hydrogen (secondary N) is 1. The van der Waals surface area contributed by atoms with Gasteiger partial charge in [-0.2, -0.15) is 0 Å². The van der Waals surface area contributed by atoms with Gasteiger partial charge in [0.15, 0.2) is 0 Å². The number of amides is 2. The minimum absolute atomic E-state index is 0.106. The Morgan fingerprint density at radius 3 is 2.63 bits per heavy atom. The lowest BCUT2D eigenvalue weighted by Crippen LogP contribution is -2.62. The number of rotatable bonds is 2. The molecule has 102 valence electrons. The third-order valence-electron chi connectivity index (χ3n) is 3.46. The van der Waals surface area contributed by atoms with Crippen LogP contribution in [0, 0.1) is 6.92 Å². The summed E-state index contributed by atoms with van der Waals surface area (Å²) < 4.78 is 0. The van der Waals surface area contributed by atoms with Gasteiger partial charge in [-0.3, -0.25) is 14.5 Å². The maximum Gasteiger partial charge on any atom is 0.250 e. The Kier molecular flexibility index (Phi) is 3.80. The van der Waals surface area contributed by atoms with Crippen molar-refractivity contribution in [3.05, 3.63) is 28.8 Å². The summed E-state index contributed by atoms with van der Waals surface area (Å²) in [5.41, 5.74) is 1.52. The molecule has 1 aromatic rings. The van der Waals surface area contributed by atoms with Gasteiger partial charge in [-0.15, -0.1) is 0 Å². The number of hydrogen-bond donors (Lipinski definition) is 1. The second-order valence-electron chi connectivity index (χ2n) is 4.76. The van der Waals surface area contributed by atoms with E-state index in [1.807, 2.05) is 26.0 Å². The molecule has 4 nitrogen and oxygen atoms in total. The van der Waals surface area contributed by atoms with Gasteiger partial charge in [0.1, 0.15) is 12.1 Å². The van der Waals surface area contributed by atoms with Crippen molar-refractivity contribution in [3.8, 4) is 0 Å². The van der Waals surface area contributed by atoms with Gasteiger partial charge in [-0.1, -0.05) is 30.7 Å². The molecule has 2 atom stereocenters. The lowest BCUT2D eigenvalue weighted by atomic mass is 10.0. The lowest BCUT2D eigenvalue weighted by molar-refractivity contribution is -0.133. The molecule has 1 aliphatic rings. The van der Waals surface area contributed by atoms with Crippen LogP contribution in [0.15, 0.2) is 18.2 Å². The highest BCUT2D eigenvalue weighted by Crippen LogP contribution is 2.32. The topological polar surface area (TPSA) is 49.4 Å². The Morgan fingerprint density at radius 2 is 2.05 bits per heavy atom. The van der Waals surface area contributed by atoms with Crippen molar-refractivity contribution < 1.29 is 9.59 Å². The zero-order chi connectivity index (χ0) is 14.2. The number of anilines is 1. The molecule has 2 amide bonds. The van der Waals surface area contributed by atoms with Gasteiger partial charge >= 0.3 is 0 Å².